The number of rotatable bonds is 2. The molecule has 17 heavy (non-hydrogen) atoms. The third-order valence-corrected chi connectivity index (χ3v) is 3.48. The highest BCUT2D eigenvalue weighted by Crippen LogP contribution is 2.43. The molecule has 0 N–H and O–H groups in total. The summed E-state index contributed by atoms with van der Waals surface area (Å²) in [6, 6.07) is 10.4. The molecule has 1 aromatic carbocycles. The molecule has 2 rings (SSSR count). The molecule has 0 saturated carbocycles. The Balaban J connectivity index is 2.50. The van der Waals surface area contributed by atoms with Crippen LogP contribution in [0.15, 0.2) is 70.8 Å². The Labute approximate surface area is 111 Å². The van der Waals surface area contributed by atoms with Crippen molar-refractivity contribution in [2.75, 3.05) is 0 Å². The maximum absolute atomic E-state index is 4.14. The van der Waals surface area contributed by atoms with E-state index >= 15 is 0 Å². The van der Waals surface area contributed by atoms with Gasteiger partial charge in [0.25, 0.3) is 0 Å². The lowest BCUT2D eigenvalue weighted by Gasteiger charge is -2.06. The zero-order valence-corrected chi connectivity index (χ0v) is 11.5. The number of allylic oxidation sites excluding steroid dienone is 7. The summed E-state index contributed by atoms with van der Waals surface area (Å²) >= 11 is 3.67. The van der Waals surface area contributed by atoms with E-state index in [-0.39, 0.29) is 0 Å². The molecule has 0 aliphatic heterocycles. The van der Waals surface area contributed by atoms with Gasteiger partial charge in [0, 0.05) is 10.9 Å². The average Bonchev–Trinajstić information content (AvgIpc) is 2.62. The second-order valence-electron chi connectivity index (χ2n) is 4.03. The van der Waals surface area contributed by atoms with E-state index in [0.29, 0.717) is 0 Å². The van der Waals surface area contributed by atoms with Crippen LogP contribution in [0.3, 0.4) is 0 Å². The second kappa shape index (κ2) is 5.33. The molecule has 0 fully saturated rings. The van der Waals surface area contributed by atoms with Gasteiger partial charge in [0.05, 0.1) is 0 Å². The monoisotopic (exact) mass is 286 g/mol. The molecule has 0 bridgehead atoms. The highest BCUT2D eigenvalue weighted by Gasteiger charge is 2.21. The smallest absolute Gasteiger partial charge is 0.00789 e. The van der Waals surface area contributed by atoms with Gasteiger partial charge in [-0.2, -0.15) is 0 Å². The molecule has 0 aromatic heterocycles. The summed E-state index contributed by atoms with van der Waals surface area (Å²) in [7, 11) is 0. The van der Waals surface area contributed by atoms with Crippen molar-refractivity contribution in [1.29, 1.82) is 0 Å². The molecule has 0 atom stereocenters. The molecular formula is C16H15Br. The number of hydrogen-bond donors (Lipinski definition) is 0. The lowest BCUT2D eigenvalue weighted by Crippen LogP contribution is -1.86. The van der Waals surface area contributed by atoms with Crippen molar-refractivity contribution in [3.63, 3.8) is 0 Å². The fourth-order valence-electron chi connectivity index (χ4n) is 2.00. The van der Waals surface area contributed by atoms with Crippen molar-refractivity contribution >= 4 is 21.5 Å². The Morgan fingerprint density at radius 2 is 1.94 bits per heavy atom. The SMILES string of the molecule is C=C1CC(Br)=C(c2ccccc2)/C1=C/C=C\C. The predicted octanol–water partition coefficient (Wildman–Crippen LogP) is 5.26. The van der Waals surface area contributed by atoms with E-state index in [0.717, 1.165) is 6.42 Å². The quantitative estimate of drug-likeness (QED) is 0.696. The van der Waals surface area contributed by atoms with Gasteiger partial charge < -0.3 is 0 Å². The average molecular weight is 287 g/mol. The molecule has 0 spiro atoms. The van der Waals surface area contributed by atoms with Crippen LogP contribution < -0.4 is 0 Å². The van der Waals surface area contributed by atoms with Crippen LogP contribution >= 0.6 is 15.9 Å². The van der Waals surface area contributed by atoms with Gasteiger partial charge in [-0.05, 0) is 29.2 Å². The Bertz CT molecular complexity index is 516. The third-order valence-electron chi connectivity index (χ3n) is 2.81. The van der Waals surface area contributed by atoms with E-state index in [4.69, 9.17) is 0 Å². The maximum Gasteiger partial charge on any atom is 0.00789 e. The lowest BCUT2D eigenvalue weighted by molar-refractivity contribution is 1.32. The van der Waals surface area contributed by atoms with Crippen molar-refractivity contribution in [3.05, 3.63) is 76.3 Å². The van der Waals surface area contributed by atoms with Crippen LogP contribution in [-0.2, 0) is 0 Å². The van der Waals surface area contributed by atoms with Gasteiger partial charge in [0.2, 0.25) is 0 Å². The van der Waals surface area contributed by atoms with Gasteiger partial charge in [0.1, 0.15) is 0 Å². The second-order valence-corrected chi connectivity index (χ2v) is 4.99. The van der Waals surface area contributed by atoms with Crippen molar-refractivity contribution in [2.24, 2.45) is 0 Å². The molecule has 1 aliphatic rings. The van der Waals surface area contributed by atoms with Crippen LogP contribution in [-0.4, -0.2) is 0 Å². The maximum atomic E-state index is 4.14. The number of halogens is 1. The Hall–Kier alpha value is -1.34. The van der Waals surface area contributed by atoms with E-state index in [1.807, 2.05) is 19.1 Å². The van der Waals surface area contributed by atoms with Gasteiger partial charge in [-0.25, -0.2) is 0 Å². The van der Waals surface area contributed by atoms with E-state index < -0.39 is 0 Å². The molecule has 86 valence electrons. The summed E-state index contributed by atoms with van der Waals surface area (Å²) in [6.07, 6.45) is 7.15. The van der Waals surface area contributed by atoms with Crippen molar-refractivity contribution < 1.29 is 0 Å². The minimum absolute atomic E-state index is 0.910. The van der Waals surface area contributed by atoms with Gasteiger partial charge in [-0.15, -0.1) is 0 Å². The standard InChI is InChI=1S/C16H15Br/c1-3-4-10-14-12(2)11-15(17)16(14)13-8-6-5-7-9-13/h3-10H,2,11H2,1H3/b4-3-,14-10+. The summed E-state index contributed by atoms with van der Waals surface area (Å²) in [5.41, 5.74) is 4.93. The van der Waals surface area contributed by atoms with Gasteiger partial charge in [-0.3, -0.25) is 0 Å². The van der Waals surface area contributed by atoms with Crippen molar-refractivity contribution in [3.8, 4) is 0 Å². The molecule has 1 aliphatic carbocycles. The first-order chi connectivity index (χ1) is 8.24. The Morgan fingerprint density at radius 3 is 2.59 bits per heavy atom. The first kappa shape index (κ1) is 12.1. The van der Waals surface area contributed by atoms with E-state index in [1.165, 1.54) is 26.8 Å². The van der Waals surface area contributed by atoms with Gasteiger partial charge in [0.15, 0.2) is 0 Å². The molecule has 0 unspecified atom stereocenters. The van der Waals surface area contributed by atoms with Crippen LogP contribution in [0.25, 0.3) is 5.57 Å². The van der Waals surface area contributed by atoms with Gasteiger partial charge in [-0.1, -0.05) is 71.1 Å². The van der Waals surface area contributed by atoms with E-state index in [1.54, 1.807) is 0 Å². The lowest BCUT2D eigenvalue weighted by atomic mass is 9.98. The molecule has 0 heterocycles. The third kappa shape index (κ3) is 2.50. The fourth-order valence-corrected chi connectivity index (χ4v) is 2.79. The first-order valence-corrected chi connectivity index (χ1v) is 6.49. The molecule has 0 saturated heterocycles. The molecule has 1 heteroatoms. The first-order valence-electron chi connectivity index (χ1n) is 5.69. The van der Waals surface area contributed by atoms with Crippen LogP contribution in [0, 0.1) is 0 Å². The highest BCUT2D eigenvalue weighted by atomic mass is 79.9. The molecule has 0 nitrogen and oxygen atoms in total. The molecule has 0 radical (unpaired) electrons. The predicted molar refractivity (Wildman–Crippen MR) is 78.9 cm³/mol. The van der Waals surface area contributed by atoms with Crippen LogP contribution in [0.5, 0.6) is 0 Å². The van der Waals surface area contributed by atoms with Crippen LogP contribution in [0.4, 0.5) is 0 Å². The van der Waals surface area contributed by atoms with Crippen molar-refractivity contribution in [2.45, 2.75) is 13.3 Å². The molecule has 1 aromatic rings. The Kier molecular flexibility index (Phi) is 3.80. The largest absolute Gasteiger partial charge is 0.0949 e. The Morgan fingerprint density at radius 1 is 1.24 bits per heavy atom. The number of hydrogen-bond acceptors (Lipinski definition) is 0. The zero-order chi connectivity index (χ0) is 12.3. The van der Waals surface area contributed by atoms with Crippen molar-refractivity contribution in [1.82, 2.24) is 0 Å². The molecule has 0 amide bonds. The minimum Gasteiger partial charge on any atom is -0.0949 e. The topological polar surface area (TPSA) is 0 Å². The summed E-state index contributed by atoms with van der Waals surface area (Å²) < 4.78 is 1.23. The van der Waals surface area contributed by atoms with E-state index in [9.17, 15) is 0 Å². The van der Waals surface area contributed by atoms with Gasteiger partial charge >= 0.3 is 0 Å². The molecular weight excluding hydrogens is 272 g/mol. The highest BCUT2D eigenvalue weighted by molar-refractivity contribution is 9.11. The van der Waals surface area contributed by atoms with E-state index in [2.05, 4.69) is 58.9 Å². The minimum atomic E-state index is 0.910. The fraction of sp³-hybridized carbons (Fsp3) is 0.125. The summed E-state index contributed by atoms with van der Waals surface area (Å²) in [4.78, 5) is 0. The summed E-state index contributed by atoms with van der Waals surface area (Å²) in [6.45, 7) is 6.16. The summed E-state index contributed by atoms with van der Waals surface area (Å²) in [5.74, 6) is 0. The normalized spacial score (nSPS) is 18.7. The number of benzene rings is 1. The zero-order valence-electron chi connectivity index (χ0n) is 9.91. The summed E-state index contributed by atoms with van der Waals surface area (Å²) in [5, 5.41) is 0. The van der Waals surface area contributed by atoms with Crippen LogP contribution in [0.2, 0.25) is 0 Å². The van der Waals surface area contributed by atoms with Crippen LogP contribution in [0.1, 0.15) is 18.9 Å².